The summed E-state index contributed by atoms with van der Waals surface area (Å²) < 4.78 is 37.9. The number of carbonyl (C=O) groups excluding carboxylic acids is 1. The fourth-order valence-corrected chi connectivity index (χ4v) is 2.58. The molecule has 1 aliphatic carbocycles. The fourth-order valence-electron chi connectivity index (χ4n) is 1.29. The summed E-state index contributed by atoms with van der Waals surface area (Å²) in [7, 11) is -3.62. The van der Waals surface area contributed by atoms with Crippen molar-refractivity contribution < 1.29 is 17.6 Å². The van der Waals surface area contributed by atoms with Crippen LogP contribution < -0.4 is 4.72 Å². The zero-order valence-electron chi connectivity index (χ0n) is 8.31. The molecule has 0 aliphatic heterocycles. The molecule has 4 nitrogen and oxygen atoms in total. The Hall–Kier alpha value is -1.43. The molecule has 86 valence electrons. The van der Waals surface area contributed by atoms with Crippen molar-refractivity contribution in [2.24, 2.45) is 0 Å². The molecule has 0 bridgehead atoms. The van der Waals surface area contributed by atoms with Crippen molar-refractivity contribution in [1.29, 1.82) is 0 Å². The number of hydrogen-bond donors (Lipinski definition) is 1. The summed E-state index contributed by atoms with van der Waals surface area (Å²) in [4.78, 5) is 11.5. The molecule has 1 fully saturated rings. The Balaban J connectivity index is 2.18. The zero-order valence-corrected chi connectivity index (χ0v) is 9.13. The molecule has 0 unspecified atom stereocenters. The monoisotopic (exact) mass is 243 g/mol. The topological polar surface area (TPSA) is 63.2 Å². The molecule has 0 spiro atoms. The van der Waals surface area contributed by atoms with Crippen LogP contribution >= 0.6 is 0 Å². The number of nitrogens with one attached hydrogen (secondary N) is 1. The molecule has 0 atom stereocenters. The predicted octanol–water partition coefficient (Wildman–Crippen LogP) is 1.05. The third kappa shape index (κ3) is 2.21. The second kappa shape index (κ2) is 3.86. The molecule has 0 aromatic heterocycles. The van der Waals surface area contributed by atoms with Crippen molar-refractivity contribution in [2.45, 2.75) is 18.1 Å². The normalized spacial score (nSPS) is 15.8. The molecule has 1 N–H and O–H groups in total. The smallest absolute Gasteiger partial charge is 0.267 e. The van der Waals surface area contributed by atoms with Gasteiger partial charge in [-0.2, -0.15) is 0 Å². The van der Waals surface area contributed by atoms with E-state index in [9.17, 15) is 17.6 Å². The van der Waals surface area contributed by atoms with Crippen LogP contribution in [0.1, 0.15) is 23.2 Å². The lowest BCUT2D eigenvalue weighted by molar-refractivity contribution is 0.0977. The van der Waals surface area contributed by atoms with E-state index in [1.165, 1.54) is 18.2 Å². The first-order valence-corrected chi connectivity index (χ1v) is 6.36. The minimum Gasteiger partial charge on any atom is -0.268 e. The molecule has 2 rings (SSSR count). The average Bonchev–Trinajstić information content (AvgIpc) is 3.00. The second-order valence-corrected chi connectivity index (χ2v) is 5.62. The molecular formula is C10H10FNO3S. The summed E-state index contributed by atoms with van der Waals surface area (Å²) in [6, 6.07) is 5.26. The van der Waals surface area contributed by atoms with Gasteiger partial charge in [0.1, 0.15) is 5.82 Å². The van der Waals surface area contributed by atoms with Crippen LogP contribution in [0.3, 0.4) is 0 Å². The molecule has 6 heteroatoms. The maximum Gasteiger partial charge on any atom is 0.267 e. The highest BCUT2D eigenvalue weighted by molar-refractivity contribution is 7.91. The molecule has 1 aromatic carbocycles. The molecule has 1 aliphatic rings. The fraction of sp³-hybridized carbons (Fsp3) is 0.300. The van der Waals surface area contributed by atoms with Crippen LogP contribution in [0.2, 0.25) is 0 Å². The molecule has 1 amide bonds. The summed E-state index contributed by atoms with van der Waals surface area (Å²) in [6.45, 7) is 0. The Morgan fingerprint density at radius 1 is 1.31 bits per heavy atom. The van der Waals surface area contributed by atoms with Crippen LogP contribution in [0.25, 0.3) is 0 Å². The average molecular weight is 243 g/mol. The van der Waals surface area contributed by atoms with Crippen molar-refractivity contribution in [2.75, 3.05) is 0 Å². The van der Waals surface area contributed by atoms with Gasteiger partial charge in [0.2, 0.25) is 10.0 Å². The Kier molecular flexibility index (Phi) is 2.67. The zero-order chi connectivity index (χ0) is 11.8. The van der Waals surface area contributed by atoms with Gasteiger partial charge in [-0.15, -0.1) is 0 Å². The number of sulfonamides is 1. The van der Waals surface area contributed by atoms with E-state index in [0.29, 0.717) is 12.8 Å². The van der Waals surface area contributed by atoms with Gasteiger partial charge >= 0.3 is 0 Å². The van der Waals surface area contributed by atoms with Crippen molar-refractivity contribution >= 4 is 15.9 Å². The van der Waals surface area contributed by atoms with Gasteiger partial charge in [-0.3, -0.25) is 4.79 Å². The quantitative estimate of drug-likeness (QED) is 0.863. The van der Waals surface area contributed by atoms with Crippen LogP contribution in [0, 0.1) is 5.82 Å². The van der Waals surface area contributed by atoms with Crippen LogP contribution in [-0.2, 0) is 10.0 Å². The van der Waals surface area contributed by atoms with Gasteiger partial charge in [0, 0.05) is 0 Å². The standard InChI is InChI=1S/C10H10FNO3S/c11-9-4-2-1-3-8(9)10(13)12-16(14,15)7-5-6-7/h1-4,7H,5-6H2,(H,12,13). The Bertz CT molecular complexity index is 523. The van der Waals surface area contributed by atoms with E-state index in [0.717, 1.165) is 6.07 Å². The van der Waals surface area contributed by atoms with E-state index < -0.39 is 27.0 Å². The van der Waals surface area contributed by atoms with Crippen molar-refractivity contribution in [3.05, 3.63) is 35.6 Å². The number of benzene rings is 1. The van der Waals surface area contributed by atoms with Crippen LogP contribution in [-0.4, -0.2) is 19.6 Å². The summed E-state index contributed by atoms with van der Waals surface area (Å²) in [5.74, 6) is -1.64. The first-order valence-electron chi connectivity index (χ1n) is 4.81. The Labute approximate surface area is 92.5 Å². The Morgan fingerprint density at radius 2 is 1.94 bits per heavy atom. The molecule has 1 saturated carbocycles. The lowest BCUT2D eigenvalue weighted by Gasteiger charge is -2.05. The first kappa shape index (κ1) is 11.1. The van der Waals surface area contributed by atoms with Crippen molar-refractivity contribution in [1.82, 2.24) is 4.72 Å². The highest BCUT2D eigenvalue weighted by Crippen LogP contribution is 2.27. The van der Waals surface area contributed by atoms with E-state index in [1.807, 2.05) is 4.72 Å². The largest absolute Gasteiger partial charge is 0.268 e. The van der Waals surface area contributed by atoms with E-state index in [-0.39, 0.29) is 5.56 Å². The highest BCUT2D eigenvalue weighted by atomic mass is 32.2. The van der Waals surface area contributed by atoms with Crippen LogP contribution in [0.15, 0.2) is 24.3 Å². The SMILES string of the molecule is O=C(NS(=O)(=O)C1CC1)c1ccccc1F. The van der Waals surface area contributed by atoms with E-state index in [4.69, 9.17) is 0 Å². The summed E-state index contributed by atoms with van der Waals surface area (Å²) in [5.41, 5.74) is -0.258. The lowest BCUT2D eigenvalue weighted by atomic mass is 10.2. The van der Waals surface area contributed by atoms with Gasteiger partial charge in [0.15, 0.2) is 0 Å². The van der Waals surface area contributed by atoms with Gasteiger partial charge < -0.3 is 0 Å². The van der Waals surface area contributed by atoms with E-state index in [1.54, 1.807) is 0 Å². The van der Waals surface area contributed by atoms with Gasteiger partial charge in [0.25, 0.3) is 5.91 Å². The van der Waals surface area contributed by atoms with Gasteiger partial charge in [-0.1, -0.05) is 12.1 Å². The predicted molar refractivity (Wildman–Crippen MR) is 55.8 cm³/mol. The first-order chi connectivity index (χ1) is 7.50. The minimum absolute atomic E-state index is 0.258. The number of halogens is 1. The van der Waals surface area contributed by atoms with Gasteiger partial charge in [0.05, 0.1) is 10.8 Å². The van der Waals surface area contributed by atoms with Crippen LogP contribution in [0.4, 0.5) is 4.39 Å². The van der Waals surface area contributed by atoms with Crippen molar-refractivity contribution in [3.63, 3.8) is 0 Å². The van der Waals surface area contributed by atoms with Crippen LogP contribution in [0.5, 0.6) is 0 Å². The van der Waals surface area contributed by atoms with E-state index >= 15 is 0 Å². The molecule has 0 radical (unpaired) electrons. The molecule has 1 aromatic rings. The number of hydrogen-bond acceptors (Lipinski definition) is 3. The third-order valence-corrected chi connectivity index (χ3v) is 4.14. The molecule has 0 saturated heterocycles. The minimum atomic E-state index is -3.62. The van der Waals surface area contributed by atoms with Gasteiger partial charge in [-0.25, -0.2) is 17.5 Å². The van der Waals surface area contributed by atoms with Gasteiger partial charge in [-0.05, 0) is 25.0 Å². The highest BCUT2D eigenvalue weighted by Gasteiger charge is 2.37. The lowest BCUT2D eigenvalue weighted by Crippen LogP contribution is -2.33. The molecular weight excluding hydrogens is 233 g/mol. The summed E-state index contributed by atoms with van der Waals surface area (Å²) >= 11 is 0. The Morgan fingerprint density at radius 3 is 2.50 bits per heavy atom. The maximum absolute atomic E-state index is 13.2. The van der Waals surface area contributed by atoms with E-state index in [2.05, 4.69) is 0 Å². The third-order valence-electron chi connectivity index (χ3n) is 2.32. The molecule has 16 heavy (non-hydrogen) atoms. The summed E-state index contributed by atoms with van der Waals surface area (Å²) in [5, 5.41) is -0.497. The van der Waals surface area contributed by atoms with Crippen molar-refractivity contribution in [3.8, 4) is 0 Å². The number of amides is 1. The number of rotatable bonds is 3. The summed E-state index contributed by atoms with van der Waals surface area (Å²) in [6.07, 6.45) is 1.11. The molecule has 0 heterocycles. The number of carbonyl (C=O) groups is 1. The maximum atomic E-state index is 13.2. The second-order valence-electron chi connectivity index (χ2n) is 3.66.